The van der Waals surface area contributed by atoms with Crippen molar-refractivity contribution < 1.29 is 9.53 Å². The molecule has 0 aromatic heterocycles. The Balaban J connectivity index is 1.41. The van der Waals surface area contributed by atoms with Crippen molar-refractivity contribution in [3.63, 3.8) is 0 Å². The third-order valence-corrected chi connectivity index (χ3v) is 5.34. The van der Waals surface area contributed by atoms with Crippen LogP contribution in [-0.4, -0.2) is 13.0 Å². The van der Waals surface area contributed by atoms with Gasteiger partial charge in [0.05, 0.1) is 13.2 Å². The van der Waals surface area contributed by atoms with E-state index in [-0.39, 0.29) is 11.9 Å². The zero-order valence-electron chi connectivity index (χ0n) is 18.0. The molecule has 4 aromatic rings. The number of methoxy groups -OCH3 is 1. The second kappa shape index (κ2) is 10.4. The van der Waals surface area contributed by atoms with Gasteiger partial charge in [-0.15, -0.1) is 0 Å². The quantitative estimate of drug-likeness (QED) is 0.376. The van der Waals surface area contributed by atoms with Gasteiger partial charge in [0.15, 0.2) is 0 Å². The summed E-state index contributed by atoms with van der Waals surface area (Å²) in [4.78, 5) is 12.6. The van der Waals surface area contributed by atoms with Crippen LogP contribution in [0.4, 0.5) is 5.69 Å². The summed E-state index contributed by atoms with van der Waals surface area (Å²) in [6.45, 7) is 0.689. The second-order valence-corrected chi connectivity index (χ2v) is 7.51. The number of carbonyl (C=O) groups is 1. The van der Waals surface area contributed by atoms with Gasteiger partial charge in [0, 0.05) is 17.8 Å². The lowest BCUT2D eigenvalue weighted by molar-refractivity contribution is 0.102. The Labute approximate surface area is 188 Å². The number of carbonyl (C=O) groups excluding carboxylic acids is 1. The highest BCUT2D eigenvalue weighted by atomic mass is 16.5. The molecule has 0 atom stereocenters. The van der Waals surface area contributed by atoms with Crippen LogP contribution >= 0.6 is 0 Å². The van der Waals surface area contributed by atoms with E-state index in [4.69, 9.17) is 4.74 Å². The molecular weight excluding hydrogens is 396 g/mol. The first-order valence-electron chi connectivity index (χ1n) is 10.6. The van der Waals surface area contributed by atoms with Gasteiger partial charge in [-0.25, -0.2) is 0 Å². The van der Waals surface area contributed by atoms with Gasteiger partial charge in [0.25, 0.3) is 5.91 Å². The van der Waals surface area contributed by atoms with Crippen LogP contribution in [0.3, 0.4) is 0 Å². The number of amides is 1. The first-order chi connectivity index (χ1) is 15.7. The molecular formula is C28H26N2O2. The topological polar surface area (TPSA) is 50.4 Å². The molecule has 4 heteroatoms. The van der Waals surface area contributed by atoms with Crippen molar-refractivity contribution in [1.82, 2.24) is 5.32 Å². The summed E-state index contributed by atoms with van der Waals surface area (Å²) in [6, 6.07) is 35.9. The van der Waals surface area contributed by atoms with Gasteiger partial charge in [-0.2, -0.15) is 0 Å². The molecule has 0 aliphatic heterocycles. The molecule has 0 unspecified atom stereocenters. The summed E-state index contributed by atoms with van der Waals surface area (Å²) in [5.74, 6) is 0.616. The normalized spacial score (nSPS) is 10.7. The number of benzene rings is 4. The number of anilines is 1. The first kappa shape index (κ1) is 21.3. The highest BCUT2D eigenvalue weighted by Gasteiger charge is 2.13. The fourth-order valence-electron chi connectivity index (χ4n) is 3.59. The second-order valence-electron chi connectivity index (χ2n) is 7.51. The molecule has 160 valence electrons. The Hall–Kier alpha value is -3.89. The summed E-state index contributed by atoms with van der Waals surface area (Å²) >= 11 is 0. The Kier molecular flexibility index (Phi) is 6.95. The Bertz CT molecular complexity index is 1090. The molecule has 0 aliphatic rings. The largest absolute Gasteiger partial charge is 0.497 e. The number of ether oxygens (including phenoxy) is 1. The SMILES string of the molecule is COc1ccc(NC(=O)c2ccc(CNC(c3ccccc3)c3ccccc3)cc2)cc1. The Morgan fingerprint density at radius 1 is 0.750 bits per heavy atom. The van der Waals surface area contributed by atoms with Gasteiger partial charge in [0.2, 0.25) is 0 Å². The lowest BCUT2D eigenvalue weighted by Crippen LogP contribution is -2.22. The number of nitrogens with one attached hydrogen (secondary N) is 2. The molecule has 32 heavy (non-hydrogen) atoms. The van der Waals surface area contributed by atoms with Gasteiger partial charge in [-0.1, -0.05) is 72.8 Å². The van der Waals surface area contributed by atoms with E-state index in [0.717, 1.165) is 17.0 Å². The van der Waals surface area contributed by atoms with Crippen LogP contribution in [0.1, 0.15) is 33.1 Å². The van der Waals surface area contributed by atoms with E-state index in [2.05, 4.69) is 59.2 Å². The Morgan fingerprint density at radius 3 is 1.84 bits per heavy atom. The van der Waals surface area contributed by atoms with Crippen LogP contribution in [-0.2, 0) is 6.54 Å². The average molecular weight is 423 g/mol. The van der Waals surface area contributed by atoms with Crippen LogP contribution in [0.15, 0.2) is 109 Å². The maximum atomic E-state index is 12.6. The molecule has 0 saturated heterocycles. The molecule has 0 heterocycles. The van der Waals surface area contributed by atoms with Crippen LogP contribution < -0.4 is 15.4 Å². The lowest BCUT2D eigenvalue weighted by atomic mass is 9.98. The smallest absolute Gasteiger partial charge is 0.255 e. The van der Waals surface area contributed by atoms with Crippen molar-refractivity contribution in [1.29, 1.82) is 0 Å². The van der Waals surface area contributed by atoms with E-state index < -0.39 is 0 Å². The molecule has 0 bridgehead atoms. The third-order valence-electron chi connectivity index (χ3n) is 5.34. The van der Waals surface area contributed by atoms with E-state index >= 15 is 0 Å². The highest BCUT2D eigenvalue weighted by molar-refractivity contribution is 6.04. The molecule has 0 spiro atoms. The van der Waals surface area contributed by atoms with Gasteiger partial charge >= 0.3 is 0 Å². The van der Waals surface area contributed by atoms with Crippen molar-refractivity contribution >= 4 is 11.6 Å². The van der Waals surface area contributed by atoms with Crippen molar-refractivity contribution in [2.45, 2.75) is 12.6 Å². The number of hydrogen-bond acceptors (Lipinski definition) is 3. The van der Waals surface area contributed by atoms with Crippen molar-refractivity contribution in [3.05, 3.63) is 131 Å². The molecule has 4 aromatic carbocycles. The summed E-state index contributed by atoms with van der Waals surface area (Å²) in [6.07, 6.45) is 0. The van der Waals surface area contributed by atoms with Gasteiger partial charge < -0.3 is 15.4 Å². The summed E-state index contributed by atoms with van der Waals surface area (Å²) in [5.41, 5.74) is 4.90. The minimum Gasteiger partial charge on any atom is -0.497 e. The first-order valence-corrected chi connectivity index (χ1v) is 10.6. The molecule has 1 amide bonds. The number of rotatable bonds is 8. The van der Waals surface area contributed by atoms with E-state index in [1.165, 1.54) is 11.1 Å². The minimum atomic E-state index is -0.138. The molecule has 4 rings (SSSR count). The van der Waals surface area contributed by atoms with Gasteiger partial charge in [-0.3, -0.25) is 4.79 Å². The number of hydrogen-bond donors (Lipinski definition) is 2. The van der Waals surface area contributed by atoms with E-state index in [1.807, 2.05) is 60.7 Å². The van der Waals surface area contributed by atoms with Gasteiger partial charge in [-0.05, 0) is 53.1 Å². The average Bonchev–Trinajstić information content (AvgIpc) is 2.86. The molecule has 2 N–H and O–H groups in total. The molecule has 4 nitrogen and oxygen atoms in total. The van der Waals surface area contributed by atoms with Crippen LogP contribution in [0.2, 0.25) is 0 Å². The molecule has 0 radical (unpaired) electrons. The van der Waals surface area contributed by atoms with Crippen LogP contribution in [0.5, 0.6) is 5.75 Å². The maximum Gasteiger partial charge on any atom is 0.255 e. The van der Waals surface area contributed by atoms with Crippen molar-refractivity contribution in [2.75, 3.05) is 12.4 Å². The van der Waals surface area contributed by atoms with Crippen molar-refractivity contribution in [3.8, 4) is 5.75 Å². The fourth-order valence-corrected chi connectivity index (χ4v) is 3.59. The zero-order valence-corrected chi connectivity index (χ0v) is 18.0. The van der Waals surface area contributed by atoms with E-state index in [0.29, 0.717) is 12.1 Å². The maximum absolute atomic E-state index is 12.6. The summed E-state index contributed by atoms with van der Waals surface area (Å²) in [5, 5.41) is 6.57. The van der Waals surface area contributed by atoms with E-state index in [9.17, 15) is 4.79 Å². The monoisotopic (exact) mass is 422 g/mol. The minimum absolute atomic E-state index is 0.0930. The zero-order chi connectivity index (χ0) is 22.2. The molecule has 0 fully saturated rings. The Morgan fingerprint density at radius 2 is 1.31 bits per heavy atom. The summed E-state index contributed by atoms with van der Waals surface area (Å²) < 4.78 is 5.15. The predicted molar refractivity (Wildman–Crippen MR) is 129 cm³/mol. The highest BCUT2D eigenvalue weighted by Crippen LogP contribution is 2.22. The van der Waals surface area contributed by atoms with E-state index in [1.54, 1.807) is 7.11 Å². The lowest BCUT2D eigenvalue weighted by Gasteiger charge is -2.20. The molecule has 0 saturated carbocycles. The van der Waals surface area contributed by atoms with Gasteiger partial charge in [0.1, 0.15) is 5.75 Å². The fraction of sp³-hybridized carbons (Fsp3) is 0.107. The van der Waals surface area contributed by atoms with Crippen molar-refractivity contribution in [2.24, 2.45) is 0 Å². The third kappa shape index (κ3) is 5.42. The summed E-state index contributed by atoms with van der Waals surface area (Å²) in [7, 11) is 1.62. The predicted octanol–water partition coefficient (Wildman–Crippen LogP) is 5.83. The molecule has 0 aliphatic carbocycles. The standard InChI is InChI=1S/C28H26N2O2/c1-32-26-18-16-25(17-19-26)30-28(31)24-14-12-21(13-15-24)20-29-27(22-8-4-2-5-9-22)23-10-6-3-7-11-23/h2-19,27,29H,20H2,1H3,(H,30,31). The van der Waals surface area contributed by atoms with Crippen LogP contribution in [0, 0.1) is 0 Å². The van der Waals surface area contributed by atoms with Crippen LogP contribution in [0.25, 0.3) is 0 Å².